The van der Waals surface area contributed by atoms with E-state index in [9.17, 15) is 13.2 Å². The van der Waals surface area contributed by atoms with Crippen LogP contribution < -0.4 is 5.73 Å². The Morgan fingerprint density at radius 1 is 1.53 bits per heavy atom. The summed E-state index contributed by atoms with van der Waals surface area (Å²) in [6, 6.07) is 0. The topological polar surface area (TPSA) is 101 Å². The summed E-state index contributed by atoms with van der Waals surface area (Å²) >= 11 is 0. The number of hydrogen-bond acceptors (Lipinski definition) is 4. The summed E-state index contributed by atoms with van der Waals surface area (Å²) in [5, 5.41) is 8.47. The molecular weight excluding hydrogens is 220 g/mol. The van der Waals surface area contributed by atoms with Crippen LogP contribution in [-0.2, 0) is 14.8 Å². The van der Waals surface area contributed by atoms with Crippen LogP contribution in [-0.4, -0.2) is 49.2 Å². The molecule has 0 bridgehead atoms. The molecule has 0 aliphatic carbocycles. The van der Waals surface area contributed by atoms with Crippen molar-refractivity contribution in [2.45, 2.75) is 12.8 Å². The van der Waals surface area contributed by atoms with E-state index in [1.165, 1.54) is 4.31 Å². The Morgan fingerprint density at radius 3 is 2.73 bits per heavy atom. The lowest BCUT2D eigenvalue weighted by molar-refractivity contribution is -0.134. The Kier molecular flexibility index (Phi) is 4.06. The van der Waals surface area contributed by atoms with Crippen LogP contribution in [0, 0.1) is 5.92 Å². The van der Waals surface area contributed by atoms with Crippen molar-refractivity contribution >= 4 is 16.0 Å². The lowest BCUT2D eigenvalue weighted by atomic mass is 10.0. The second-order valence-corrected chi connectivity index (χ2v) is 5.72. The zero-order valence-electron chi connectivity index (χ0n) is 8.42. The van der Waals surface area contributed by atoms with Crippen LogP contribution in [0.1, 0.15) is 12.8 Å². The van der Waals surface area contributed by atoms with Gasteiger partial charge in [0, 0.05) is 13.1 Å². The number of piperidine rings is 1. The zero-order valence-corrected chi connectivity index (χ0v) is 9.24. The van der Waals surface area contributed by atoms with Crippen LogP contribution >= 0.6 is 0 Å². The Bertz CT molecular complexity index is 328. The molecule has 0 amide bonds. The molecule has 15 heavy (non-hydrogen) atoms. The van der Waals surface area contributed by atoms with Crippen LogP contribution in [0.4, 0.5) is 0 Å². The predicted octanol–water partition coefficient (Wildman–Crippen LogP) is -0.928. The summed E-state index contributed by atoms with van der Waals surface area (Å²) in [7, 11) is -3.65. The van der Waals surface area contributed by atoms with E-state index in [1.807, 2.05) is 0 Å². The number of carboxylic acid groups (broad SMARTS) is 1. The summed E-state index contributed by atoms with van der Waals surface area (Å²) < 4.78 is 24.4. The van der Waals surface area contributed by atoms with Gasteiger partial charge in [0.2, 0.25) is 10.0 Å². The van der Waals surface area contributed by atoms with Gasteiger partial charge in [-0.15, -0.1) is 0 Å². The molecule has 3 N–H and O–H groups in total. The molecule has 1 atom stereocenters. The van der Waals surface area contributed by atoms with E-state index < -0.39 is 21.7 Å². The van der Waals surface area contributed by atoms with E-state index in [0.717, 1.165) is 12.8 Å². The molecule has 1 fully saturated rings. The number of aliphatic carboxylic acids is 1. The summed E-state index contributed by atoms with van der Waals surface area (Å²) in [6.07, 6.45) is 1.66. The van der Waals surface area contributed by atoms with E-state index in [2.05, 4.69) is 0 Å². The maximum atomic E-state index is 11.6. The highest BCUT2D eigenvalue weighted by atomic mass is 32.2. The summed E-state index contributed by atoms with van der Waals surface area (Å²) in [5.41, 5.74) is 5.47. The molecule has 1 rings (SSSR count). The molecule has 0 aromatic carbocycles. The van der Waals surface area contributed by atoms with Crippen molar-refractivity contribution in [3.05, 3.63) is 0 Å². The minimum atomic E-state index is -3.65. The minimum Gasteiger partial charge on any atom is -0.480 e. The second kappa shape index (κ2) is 4.91. The maximum Gasteiger partial charge on any atom is 0.320 e. The van der Waals surface area contributed by atoms with Gasteiger partial charge in [0.15, 0.2) is 5.75 Å². The zero-order chi connectivity index (χ0) is 11.5. The largest absolute Gasteiger partial charge is 0.480 e. The van der Waals surface area contributed by atoms with Gasteiger partial charge in [-0.3, -0.25) is 4.79 Å². The van der Waals surface area contributed by atoms with Crippen LogP contribution in [0.25, 0.3) is 0 Å². The second-order valence-electron chi connectivity index (χ2n) is 3.75. The first-order valence-corrected chi connectivity index (χ1v) is 6.46. The standard InChI is InChI=1S/C8H16N2O4S/c9-4-7-2-1-3-10(5-7)15(13,14)6-8(11)12/h7H,1-6,9H2,(H,11,12). The highest BCUT2D eigenvalue weighted by Gasteiger charge is 2.29. The number of carboxylic acids is 1. The number of hydrogen-bond donors (Lipinski definition) is 2. The predicted molar refractivity (Wildman–Crippen MR) is 54.8 cm³/mol. The fourth-order valence-corrected chi connectivity index (χ4v) is 3.06. The fourth-order valence-electron chi connectivity index (χ4n) is 1.72. The van der Waals surface area contributed by atoms with Crippen molar-refractivity contribution in [1.82, 2.24) is 4.31 Å². The number of carbonyl (C=O) groups is 1. The van der Waals surface area contributed by atoms with Gasteiger partial charge in [-0.05, 0) is 25.3 Å². The van der Waals surface area contributed by atoms with Gasteiger partial charge in [0.05, 0.1) is 0 Å². The first-order valence-electron chi connectivity index (χ1n) is 4.85. The number of rotatable bonds is 4. The molecule has 6 nitrogen and oxygen atoms in total. The smallest absolute Gasteiger partial charge is 0.320 e. The highest BCUT2D eigenvalue weighted by Crippen LogP contribution is 2.18. The monoisotopic (exact) mass is 236 g/mol. The van der Waals surface area contributed by atoms with Gasteiger partial charge in [-0.2, -0.15) is 0 Å². The number of sulfonamides is 1. The Morgan fingerprint density at radius 2 is 2.20 bits per heavy atom. The van der Waals surface area contributed by atoms with E-state index in [0.29, 0.717) is 19.6 Å². The average Bonchev–Trinajstić information content (AvgIpc) is 2.16. The van der Waals surface area contributed by atoms with E-state index in [1.54, 1.807) is 0 Å². The van der Waals surface area contributed by atoms with Crippen LogP contribution in [0.5, 0.6) is 0 Å². The van der Waals surface area contributed by atoms with Crippen LogP contribution in [0.15, 0.2) is 0 Å². The lowest BCUT2D eigenvalue weighted by Gasteiger charge is -2.30. The van der Waals surface area contributed by atoms with Gasteiger partial charge in [-0.1, -0.05) is 0 Å². The van der Waals surface area contributed by atoms with Gasteiger partial charge in [0.1, 0.15) is 0 Å². The lowest BCUT2D eigenvalue weighted by Crippen LogP contribution is -2.44. The molecule has 1 heterocycles. The average molecular weight is 236 g/mol. The molecule has 0 aromatic heterocycles. The van der Waals surface area contributed by atoms with Crippen molar-refractivity contribution < 1.29 is 18.3 Å². The van der Waals surface area contributed by atoms with Gasteiger partial charge in [0.25, 0.3) is 0 Å². The van der Waals surface area contributed by atoms with Gasteiger partial charge in [-0.25, -0.2) is 12.7 Å². The molecule has 1 saturated heterocycles. The summed E-state index contributed by atoms with van der Waals surface area (Å²) in [5.74, 6) is -1.99. The third-order valence-corrected chi connectivity index (χ3v) is 4.24. The SMILES string of the molecule is NCC1CCCN(S(=O)(=O)CC(=O)O)C1. The molecule has 1 unspecified atom stereocenters. The number of nitrogens with zero attached hydrogens (tertiary/aromatic N) is 1. The molecule has 7 heteroatoms. The van der Waals surface area contributed by atoms with E-state index in [4.69, 9.17) is 10.8 Å². The van der Waals surface area contributed by atoms with Crippen LogP contribution in [0.2, 0.25) is 0 Å². The van der Waals surface area contributed by atoms with E-state index in [-0.39, 0.29) is 5.92 Å². The first-order chi connectivity index (χ1) is 6.95. The Hall–Kier alpha value is -0.660. The van der Waals surface area contributed by atoms with Crippen molar-refractivity contribution in [1.29, 1.82) is 0 Å². The van der Waals surface area contributed by atoms with Crippen molar-refractivity contribution in [2.24, 2.45) is 11.7 Å². The molecule has 0 saturated carbocycles. The van der Waals surface area contributed by atoms with Crippen molar-refractivity contribution in [2.75, 3.05) is 25.4 Å². The molecular formula is C8H16N2O4S. The molecule has 1 aliphatic heterocycles. The third-order valence-electron chi connectivity index (χ3n) is 2.51. The van der Waals surface area contributed by atoms with Crippen molar-refractivity contribution in [3.8, 4) is 0 Å². The minimum absolute atomic E-state index is 0.155. The quantitative estimate of drug-likeness (QED) is 0.657. The molecule has 0 spiro atoms. The van der Waals surface area contributed by atoms with Crippen LogP contribution in [0.3, 0.4) is 0 Å². The molecule has 0 aromatic rings. The van der Waals surface area contributed by atoms with Gasteiger partial charge < -0.3 is 10.8 Å². The van der Waals surface area contributed by atoms with E-state index >= 15 is 0 Å². The Labute approximate surface area is 89.1 Å². The highest BCUT2D eigenvalue weighted by molar-refractivity contribution is 7.89. The van der Waals surface area contributed by atoms with Gasteiger partial charge >= 0.3 is 5.97 Å². The Balaban J connectivity index is 2.66. The summed E-state index contributed by atoms with van der Waals surface area (Å²) in [4.78, 5) is 10.4. The molecule has 88 valence electrons. The number of nitrogens with two attached hydrogens (primary N) is 1. The van der Waals surface area contributed by atoms with Crippen molar-refractivity contribution in [3.63, 3.8) is 0 Å². The third kappa shape index (κ3) is 3.44. The fraction of sp³-hybridized carbons (Fsp3) is 0.875. The first kappa shape index (κ1) is 12.4. The molecule has 0 radical (unpaired) electrons. The molecule has 1 aliphatic rings. The normalized spacial score (nSPS) is 23.9. The maximum absolute atomic E-state index is 11.6. The summed E-state index contributed by atoms with van der Waals surface area (Å²) in [6.45, 7) is 1.21.